The van der Waals surface area contributed by atoms with Crippen molar-refractivity contribution < 1.29 is 9.90 Å². The molecule has 1 heterocycles. The van der Waals surface area contributed by atoms with Crippen LogP contribution in [-0.4, -0.2) is 48.5 Å². The molecule has 0 fully saturated rings. The molecule has 29 heavy (non-hydrogen) atoms. The first-order valence-electron chi connectivity index (χ1n) is 9.92. The lowest BCUT2D eigenvalue weighted by molar-refractivity contribution is -0.131. The highest BCUT2D eigenvalue weighted by atomic mass is 32.2. The van der Waals surface area contributed by atoms with E-state index in [4.69, 9.17) is 0 Å². The number of aromatic nitrogens is 3. The molecule has 3 rings (SSSR count). The van der Waals surface area contributed by atoms with Gasteiger partial charge >= 0.3 is 0 Å². The first kappa shape index (κ1) is 21.2. The molecule has 154 valence electrons. The van der Waals surface area contributed by atoms with Crippen LogP contribution in [0.15, 0.2) is 41.6 Å². The Hall–Kier alpha value is -2.54. The Morgan fingerprint density at radius 3 is 2.31 bits per heavy atom. The highest BCUT2D eigenvalue weighted by Gasteiger charge is 2.22. The maximum absolute atomic E-state index is 12.7. The van der Waals surface area contributed by atoms with Gasteiger partial charge in [0.25, 0.3) is 0 Å². The van der Waals surface area contributed by atoms with E-state index in [0.717, 1.165) is 10.8 Å². The summed E-state index contributed by atoms with van der Waals surface area (Å²) in [6, 6.07) is 11.9. The van der Waals surface area contributed by atoms with E-state index in [1.165, 1.54) is 11.8 Å². The third-order valence-electron chi connectivity index (χ3n) is 4.86. The number of rotatable bonds is 7. The van der Waals surface area contributed by atoms with Gasteiger partial charge in [-0.2, -0.15) is 0 Å². The van der Waals surface area contributed by atoms with Crippen LogP contribution in [0.5, 0.6) is 5.75 Å². The van der Waals surface area contributed by atoms with E-state index in [1.54, 1.807) is 6.07 Å². The largest absolute Gasteiger partial charge is 0.507 e. The molecule has 0 saturated carbocycles. The van der Waals surface area contributed by atoms with Crippen molar-refractivity contribution in [2.75, 3.05) is 5.75 Å². The highest BCUT2D eigenvalue weighted by Crippen LogP contribution is 2.34. The summed E-state index contributed by atoms with van der Waals surface area (Å²) < 4.78 is 1.94. The maximum Gasteiger partial charge on any atom is 0.233 e. The number of benzene rings is 2. The number of aromatic hydroxyl groups is 1. The standard InChI is InChI=1S/C22H28N4O2S/c1-6-25-21(18-11-16-9-7-8-10-17(16)12-19(18)27)23-24-22(25)29-13-20(28)26(14(2)3)15(4)5/h7-12,14-15,27H,6,13H2,1-5H3. The SMILES string of the molecule is CCn1c(SCC(=O)N(C(C)C)C(C)C)nnc1-c1cc2ccccc2cc1O. The van der Waals surface area contributed by atoms with Crippen molar-refractivity contribution in [3.63, 3.8) is 0 Å². The Kier molecular flexibility index (Phi) is 6.47. The summed E-state index contributed by atoms with van der Waals surface area (Å²) in [5.74, 6) is 1.17. The summed E-state index contributed by atoms with van der Waals surface area (Å²) in [6.45, 7) is 10.7. The second-order valence-corrected chi connectivity index (χ2v) is 8.49. The lowest BCUT2D eigenvalue weighted by atomic mass is 10.1. The molecule has 0 aliphatic heterocycles. The van der Waals surface area contributed by atoms with Gasteiger partial charge < -0.3 is 14.6 Å². The van der Waals surface area contributed by atoms with Crippen molar-refractivity contribution in [3.8, 4) is 17.1 Å². The van der Waals surface area contributed by atoms with Gasteiger partial charge in [-0.15, -0.1) is 10.2 Å². The fourth-order valence-electron chi connectivity index (χ4n) is 3.66. The fraction of sp³-hybridized carbons (Fsp3) is 0.409. The quantitative estimate of drug-likeness (QED) is 0.576. The Morgan fingerprint density at radius 1 is 1.10 bits per heavy atom. The van der Waals surface area contributed by atoms with E-state index >= 15 is 0 Å². The molecule has 6 nitrogen and oxygen atoms in total. The van der Waals surface area contributed by atoms with Crippen LogP contribution in [0.2, 0.25) is 0 Å². The Bertz CT molecular complexity index is 1010. The summed E-state index contributed by atoms with van der Waals surface area (Å²) in [7, 11) is 0. The number of nitrogens with zero attached hydrogens (tertiary/aromatic N) is 4. The summed E-state index contributed by atoms with van der Waals surface area (Å²) in [5, 5.41) is 21.9. The molecule has 1 amide bonds. The number of carbonyl (C=O) groups is 1. The maximum atomic E-state index is 12.7. The highest BCUT2D eigenvalue weighted by molar-refractivity contribution is 7.99. The van der Waals surface area contributed by atoms with Crippen molar-refractivity contribution in [3.05, 3.63) is 36.4 Å². The van der Waals surface area contributed by atoms with Gasteiger partial charge in [-0.3, -0.25) is 4.79 Å². The predicted octanol–water partition coefficient (Wildman–Crippen LogP) is 4.56. The van der Waals surface area contributed by atoms with Crippen LogP contribution in [-0.2, 0) is 11.3 Å². The third kappa shape index (κ3) is 4.40. The number of hydrogen-bond donors (Lipinski definition) is 1. The van der Waals surface area contributed by atoms with E-state index in [-0.39, 0.29) is 23.7 Å². The Labute approximate surface area is 175 Å². The number of fused-ring (bicyclic) bond motifs is 1. The van der Waals surface area contributed by atoms with Crippen LogP contribution in [0.25, 0.3) is 22.2 Å². The zero-order valence-corrected chi connectivity index (χ0v) is 18.4. The molecule has 0 aliphatic carbocycles. The lowest BCUT2D eigenvalue weighted by Gasteiger charge is -2.30. The lowest BCUT2D eigenvalue weighted by Crippen LogP contribution is -2.43. The summed E-state index contributed by atoms with van der Waals surface area (Å²) in [5.41, 5.74) is 0.641. The van der Waals surface area contributed by atoms with Crippen molar-refractivity contribution in [1.29, 1.82) is 0 Å². The van der Waals surface area contributed by atoms with Crippen LogP contribution < -0.4 is 0 Å². The zero-order chi connectivity index (χ0) is 21.1. The Morgan fingerprint density at radius 2 is 1.72 bits per heavy atom. The van der Waals surface area contributed by atoms with Crippen LogP contribution in [0, 0.1) is 0 Å². The number of hydrogen-bond acceptors (Lipinski definition) is 5. The van der Waals surface area contributed by atoms with Crippen LogP contribution in [0.4, 0.5) is 0 Å². The normalized spacial score (nSPS) is 11.6. The third-order valence-corrected chi connectivity index (χ3v) is 5.81. The van der Waals surface area contributed by atoms with Crippen molar-refractivity contribution in [1.82, 2.24) is 19.7 Å². The monoisotopic (exact) mass is 412 g/mol. The molecule has 1 N–H and O–H groups in total. The average Bonchev–Trinajstić information content (AvgIpc) is 3.07. The summed E-state index contributed by atoms with van der Waals surface area (Å²) in [6.07, 6.45) is 0. The predicted molar refractivity (Wildman–Crippen MR) is 118 cm³/mol. The number of amides is 1. The molecular formula is C22H28N4O2S. The zero-order valence-electron chi connectivity index (χ0n) is 17.6. The van der Waals surface area contributed by atoms with Gasteiger partial charge in [0.2, 0.25) is 5.91 Å². The molecule has 0 bridgehead atoms. The fourth-order valence-corrected chi connectivity index (χ4v) is 4.53. The number of thioether (sulfide) groups is 1. The topological polar surface area (TPSA) is 71.2 Å². The van der Waals surface area contributed by atoms with Crippen LogP contribution in [0.1, 0.15) is 34.6 Å². The molecule has 7 heteroatoms. The Balaban J connectivity index is 1.88. The molecular weight excluding hydrogens is 384 g/mol. The van der Waals surface area contributed by atoms with Crippen molar-refractivity contribution >= 4 is 28.4 Å². The van der Waals surface area contributed by atoms with Gasteiger partial charge in [0.1, 0.15) is 5.75 Å². The molecule has 0 aliphatic rings. The molecule has 0 spiro atoms. The first-order chi connectivity index (χ1) is 13.8. The second kappa shape index (κ2) is 8.86. The molecule has 0 atom stereocenters. The minimum absolute atomic E-state index is 0.0840. The van der Waals surface area contributed by atoms with E-state index in [2.05, 4.69) is 10.2 Å². The molecule has 0 radical (unpaired) electrons. The minimum Gasteiger partial charge on any atom is -0.507 e. The molecule has 0 unspecified atom stereocenters. The van der Waals surface area contributed by atoms with E-state index in [0.29, 0.717) is 28.8 Å². The second-order valence-electron chi connectivity index (χ2n) is 7.54. The molecule has 2 aromatic carbocycles. The number of carbonyl (C=O) groups excluding carboxylic acids is 1. The van der Waals surface area contributed by atoms with Gasteiger partial charge in [-0.1, -0.05) is 36.0 Å². The molecule has 0 saturated heterocycles. The average molecular weight is 413 g/mol. The molecule has 3 aromatic rings. The van der Waals surface area contributed by atoms with E-state index in [9.17, 15) is 9.90 Å². The molecule has 1 aromatic heterocycles. The summed E-state index contributed by atoms with van der Waals surface area (Å²) >= 11 is 1.38. The number of phenolic OH excluding ortho intramolecular Hbond substituents is 1. The van der Waals surface area contributed by atoms with Gasteiger partial charge in [0, 0.05) is 18.6 Å². The summed E-state index contributed by atoms with van der Waals surface area (Å²) in [4.78, 5) is 14.6. The van der Waals surface area contributed by atoms with Gasteiger partial charge in [0.05, 0.1) is 11.3 Å². The van der Waals surface area contributed by atoms with Crippen molar-refractivity contribution in [2.24, 2.45) is 0 Å². The first-order valence-corrected chi connectivity index (χ1v) is 10.9. The van der Waals surface area contributed by atoms with Crippen molar-refractivity contribution in [2.45, 2.75) is 58.4 Å². The van der Waals surface area contributed by atoms with Gasteiger partial charge in [-0.05, 0) is 57.5 Å². The van der Waals surface area contributed by atoms with Crippen LogP contribution in [0.3, 0.4) is 0 Å². The van der Waals surface area contributed by atoms with Gasteiger partial charge in [-0.25, -0.2) is 0 Å². The van der Waals surface area contributed by atoms with Crippen LogP contribution >= 0.6 is 11.8 Å². The van der Waals surface area contributed by atoms with E-state index in [1.807, 2.05) is 74.4 Å². The minimum atomic E-state index is 0.0840. The number of phenols is 1. The smallest absolute Gasteiger partial charge is 0.233 e. The van der Waals surface area contributed by atoms with E-state index < -0.39 is 0 Å². The van der Waals surface area contributed by atoms with Gasteiger partial charge in [0.15, 0.2) is 11.0 Å².